The molecular formula is C22H37NO7. The quantitative estimate of drug-likeness (QED) is 0.321. The third kappa shape index (κ3) is 9.30. The van der Waals surface area contributed by atoms with Crippen molar-refractivity contribution in [1.29, 1.82) is 0 Å². The number of methoxy groups -OCH3 is 3. The van der Waals surface area contributed by atoms with Crippen LogP contribution in [-0.2, 0) is 25.5 Å². The molecule has 0 aliphatic heterocycles. The molecule has 0 saturated carbocycles. The van der Waals surface area contributed by atoms with Crippen molar-refractivity contribution in [3.8, 4) is 11.5 Å². The van der Waals surface area contributed by atoms with E-state index in [9.17, 15) is 9.90 Å². The third-order valence-corrected chi connectivity index (χ3v) is 4.53. The molecule has 0 aliphatic carbocycles. The number of unbranched alkanes of at least 4 members (excludes halogenated alkanes) is 1. The van der Waals surface area contributed by atoms with Gasteiger partial charge in [0.2, 0.25) is 5.91 Å². The Morgan fingerprint density at radius 3 is 2.50 bits per heavy atom. The minimum atomic E-state index is -0.803. The van der Waals surface area contributed by atoms with Crippen molar-refractivity contribution in [3.05, 3.63) is 23.8 Å². The van der Waals surface area contributed by atoms with E-state index < -0.39 is 12.4 Å². The number of aliphatic hydroxyl groups is 1. The molecule has 8 heteroatoms. The highest BCUT2D eigenvalue weighted by Gasteiger charge is 2.23. The first-order chi connectivity index (χ1) is 14.5. The molecule has 0 aromatic heterocycles. The number of nitrogens with zero attached hydrogens (tertiary/aromatic N) is 1. The van der Waals surface area contributed by atoms with E-state index >= 15 is 0 Å². The molecule has 30 heavy (non-hydrogen) atoms. The Hall–Kier alpha value is -1.87. The Labute approximate surface area is 180 Å². The molecule has 0 heterocycles. The van der Waals surface area contributed by atoms with Gasteiger partial charge in [0.05, 0.1) is 32.8 Å². The zero-order valence-corrected chi connectivity index (χ0v) is 18.9. The second-order valence-electron chi connectivity index (χ2n) is 6.87. The molecule has 0 saturated heterocycles. The highest BCUT2D eigenvalue weighted by Crippen LogP contribution is 2.26. The fourth-order valence-electron chi connectivity index (χ4n) is 2.88. The minimum absolute atomic E-state index is 0.0375. The van der Waals surface area contributed by atoms with Crippen molar-refractivity contribution in [1.82, 2.24) is 4.90 Å². The van der Waals surface area contributed by atoms with Crippen LogP contribution in [0.3, 0.4) is 0 Å². The van der Waals surface area contributed by atoms with Crippen molar-refractivity contribution in [2.45, 2.75) is 52.0 Å². The third-order valence-electron chi connectivity index (χ3n) is 4.53. The van der Waals surface area contributed by atoms with Crippen LogP contribution in [0.2, 0.25) is 0 Å². The number of benzene rings is 1. The van der Waals surface area contributed by atoms with E-state index in [0.29, 0.717) is 24.7 Å². The molecule has 0 radical (unpaired) electrons. The van der Waals surface area contributed by atoms with Gasteiger partial charge in [0.15, 0.2) is 6.29 Å². The van der Waals surface area contributed by atoms with Gasteiger partial charge in [0, 0.05) is 45.5 Å². The smallest absolute Gasteiger partial charge is 0.228 e. The minimum Gasteiger partial charge on any atom is -0.496 e. The van der Waals surface area contributed by atoms with Crippen LogP contribution in [0.5, 0.6) is 11.5 Å². The summed E-state index contributed by atoms with van der Waals surface area (Å²) in [6, 6.07) is 5.48. The topological polar surface area (TPSA) is 86.7 Å². The highest BCUT2D eigenvalue weighted by atomic mass is 16.7. The summed E-state index contributed by atoms with van der Waals surface area (Å²) in [6.07, 6.45) is 0.536. The maximum atomic E-state index is 12.9. The number of aliphatic hydroxyl groups excluding tert-OH is 1. The normalized spacial score (nSPS) is 12.1. The van der Waals surface area contributed by atoms with Gasteiger partial charge >= 0.3 is 0 Å². The molecule has 0 unspecified atom stereocenters. The van der Waals surface area contributed by atoms with Crippen molar-refractivity contribution in [3.63, 3.8) is 0 Å². The monoisotopic (exact) mass is 427 g/mol. The fraction of sp³-hybridized carbons (Fsp3) is 0.682. The van der Waals surface area contributed by atoms with Crippen LogP contribution in [0.1, 0.15) is 38.7 Å². The van der Waals surface area contributed by atoms with Crippen LogP contribution in [0.4, 0.5) is 0 Å². The summed E-state index contributed by atoms with van der Waals surface area (Å²) in [4.78, 5) is 14.5. The summed E-state index contributed by atoms with van der Waals surface area (Å²) in [5.41, 5.74) is 0.805. The average molecular weight is 428 g/mol. The van der Waals surface area contributed by atoms with Crippen molar-refractivity contribution >= 4 is 5.91 Å². The van der Waals surface area contributed by atoms with E-state index in [1.165, 1.54) is 14.2 Å². The van der Waals surface area contributed by atoms with E-state index in [2.05, 4.69) is 6.92 Å². The lowest BCUT2D eigenvalue weighted by molar-refractivity contribution is -0.150. The maximum Gasteiger partial charge on any atom is 0.228 e. The van der Waals surface area contributed by atoms with Crippen LogP contribution in [0.15, 0.2) is 18.2 Å². The molecule has 1 amide bonds. The Morgan fingerprint density at radius 2 is 1.90 bits per heavy atom. The molecule has 172 valence electrons. The van der Waals surface area contributed by atoms with Crippen LogP contribution < -0.4 is 9.47 Å². The molecule has 8 nitrogen and oxygen atoms in total. The number of ether oxygens (including phenoxy) is 5. The van der Waals surface area contributed by atoms with Crippen molar-refractivity contribution < 1.29 is 33.6 Å². The van der Waals surface area contributed by atoms with Gasteiger partial charge in [-0.25, -0.2) is 0 Å². The molecule has 1 rings (SSSR count). The molecule has 1 atom stereocenters. The number of carbonyl (C=O) groups is 1. The second kappa shape index (κ2) is 15.0. The van der Waals surface area contributed by atoms with Crippen LogP contribution in [0.25, 0.3) is 0 Å². The first kappa shape index (κ1) is 26.2. The largest absolute Gasteiger partial charge is 0.496 e. The fourth-order valence-corrected chi connectivity index (χ4v) is 2.88. The van der Waals surface area contributed by atoms with Crippen LogP contribution in [-0.4, -0.2) is 76.0 Å². The highest BCUT2D eigenvalue weighted by molar-refractivity contribution is 5.76. The lowest BCUT2D eigenvalue weighted by atomic mass is 10.1. The molecule has 1 N–H and O–H groups in total. The van der Waals surface area contributed by atoms with Gasteiger partial charge in [-0.1, -0.05) is 13.3 Å². The van der Waals surface area contributed by atoms with E-state index in [0.717, 1.165) is 18.4 Å². The standard InChI is InChI=1S/C22H37NO7/c1-6-8-11-29-16-18(24)15-23(21(25)13-22(27-4)28-5)14-17-9-10-19(30-7-2)12-20(17)26-3/h9-10,12,18,22,24H,6-8,11,13-16H2,1-5H3/t18-/m0/s1. The summed E-state index contributed by atoms with van der Waals surface area (Å²) in [6.45, 7) is 5.68. The molecule has 1 aromatic carbocycles. The Bertz CT molecular complexity index is 607. The van der Waals surface area contributed by atoms with Crippen molar-refractivity contribution in [2.75, 3.05) is 47.7 Å². The van der Waals surface area contributed by atoms with E-state index in [4.69, 9.17) is 23.7 Å². The molecule has 0 bridgehead atoms. The van der Waals surface area contributed by atoms with Gasteiger partial charge in [0.1, 0.15) is 11.5 Å². The lowest BCUT2D eigenvalue weighted by Gasteiger charge is -2.27. The van der Waals surface area contributed by atoms with Gasteiger partial charge < -0.3 is 33.7 Å². The molecule has 0 aliphatic rings. The molecular weight excluding hydrogens is 390 g/mol. The predicted octanol–water partition coefficient (Wildman–Crippen LogP) is 2.61. The molecule has 0 fully saturated rings. The van der Waals surface area contributed by atoms with E-state index in [1.54, 1.807) is 18.1 Å². The van der Waals surface area contributed by atoms with E-state index in [1.807, 2.05) is 19.1 Å². The van der Waals surface area contributed by atoms with Crippen LogP contribution >= 0.6 is 0 Å². The summed E-state index contributed by atoms with van der Waals surface area (Å²) >= 11 is 0. The average Bonchev–Trinajstić information content (AvgIpc) is 2.75. The van der Waals surface area contributed by atoms with Crippen LogP contribution in [0, 0.1) is 0 Å². The van der Waals surface area contributed by atoms with Gasteiger partial charge in [0.25, 0.3) is 0 Å². The zero-order chi connectivity index (χ0) is 22.4. The molecule has 1 aromatic rings. The second-order valence-corrected chi connectivity index (χ2v) is 6.87. The Morgan fingerprint density at radius 1 is 1.17 bits per heavy atom. The van der Waals surface area contributed by atoms with Crippen molar-refractivity contribution in [2.24, 2.45) is 0 Å². The predicted molar refractivity (Wildman–Crippen MR) is 114 cm³/mol. The first-order valence-electron chi connectivity index (χ1n) is 10.4. The summed E-state index contributed by atoms with van der Waals surface area (Å²) < 4.78 is 26.8. The lowest BCUT2D eigenvalue weighted by Crippen LogP contribution is -2.40. The Kier molecular flexibility index (Phi) is 13.1. The summed E-state index contributed by atoms with van der Waals surface area (Å²) in [5.74, 6) is 1.11. The number of hydrogen-bond donors (Lipinski definition) is 1. The number of amides is 1. The zero-order valence-electron chi connectivity index (χ0n) is 18.9. The summed E-state index contributed by atoms with van der Waals surface area (Å²) in [7, 11) is 4.54. The number of hydrogen-bond acceptors (Lipinski definition) is 7. The van der Waals surface area contributed by atoms with E-state index in [-0.39, 0.29) is 32.0 Å². The number of rotatable bonds is 16. The number of carbonyl (C=O) groups excluding carboxylic acids is 1. The van der Waals surface area contributed by atoms with Gasteiger partial charge in [-0.15, -0.1) is 0 Å². The van der Waals surface area contributed by atoms with Gasteiger partial charge in [-0.3, -0.25) is 4.79 Å². The SMILES string of the molecule is CCCCOC[C@@H](O)CN(Cc1ccc(OCC)cc1OC)C(=O)CC(OC)OC. The maximum absolute atomic E-state index is 12.9. The molecule has 0 spiro atoms. The van der Waals surface area contributed by atoms with Gasteiger partial charge in [-0.2, -0.15) is 0 Å². The van der Waals surface area contributed by atoms with Gasteiger partial charge in [-0.05, 0) is 25.5 Å². The first-order valence-corrected chi connectivity index (χ1v) is 10.4. The Balaban J connectivity index is 2.92. The summed E-state index contributed by atoms with van der Waals surface area (Å²) in [5, 5.41) is 10.4.